The molecule has 0 atom stereocenters. The lowest BCUT2D eigenvalue weighted by molar-refractivity contribution is -0.385. The number of carbonyl (C=O) groups excluding carboxylic acids is 1. The molecule has 0 saturated heterocycles. The van der Waals surface area contributed by atoms with Crippen molar-refractivity contribution in [1.82, 2.24) is 4.98 Å². The molecule has 1 N–H and O–H groups in total. The Morgan fingerprint density at radius 3 is 2.79 bits per heavy atom. The van der Waals surface area contributed by atoms with Crippen molar-refractivity contribution in [3.05, 3.63) is 45.0 Å². The van der Waals surface area contributed by atoms with Gasteiger partial charge in [0.1, 0.15) is 4.88 Å². The van der Waals surface area contributed by atoms with Crippen LogP contribution in [0.5, 0.6) is 0 Å². The van der Waals surface area contributed by atoms with Crippen LogP contribution in [0.3, 0.4) is 0 Å². The van der Waals surface area contributed by atoms with Gasteiger partial charge in [-0.3, -0.25) is 14.8 Å². The van der Waals surface area contributed by atoms with Gasteiger partial charge in [0.15, 0.2) is 5.13 Å². The zero-order valence-corrected chi connectivity index (χ0v) is 14.3. The number of carbonyl (C=O) groups is 1. The van der Waals surface area contributed by atoms with Crippen molar-refractivity contribution in [3.8, 4) is 0 Å². The summed E-state index contributed by atoms with van der Waals surface area (Å²) in [5, 5.41) is 10.7. The Bertz CT molecular complexity index is 891. The van der Waals surface area contributed by atoms with Gasteiger partial charge < -0.3 is 4.74 Å². The molecule has 0 radical (unpaired) electrons. The Morgan fingerprint density at radius 1 is 1.46 bits per heavy atom. The molecule has 1 aromatic heterocycles. The summed E-state index contributed by atoms with van der Waals surface area (Å²) in [6.07, 6.45) is 0. The minimum Gasteiger partial charge on any atom is -0.462 e. The Labute approximate surface area is 141 Å². The van der Waals surface area contributed by atoms with Crippen molar-refractivity contribution < 1.29 is 22.9 Å². The van der Waals surface area contributed by atoms with E-state index in [1.165, 1.54) is 18.2 Å². The van der Waals surface area contributed by atoms with E-state index in [2.05, 4.69) is 9.71 Å². The Morgan fingerprint density at radius 2 is 2.17 bits per heavy atom. The first-order valence-electron chi connectivity index (χ1n) is 6.66. The van der Waals surface area contributed by atoms with Crippen LogP contribution in [0.1, 0.15) is 22.3 Å². The van der Waals surface area contributed by atoms with E-state index in [4.69, 9.17) is 4.74 Å². The number of hydrogen-bond acceptors (Lipinski definition) is 8. The number of anilines is 1. The molecule has 0 aliphatic carbocycles. The molecule has 2 rings (SSSR count). The van der Waals surface area contributed by atoms with Crippen LogP contribution in [0.4, 0.5) is 10.8 Å². The maximum absolute atomic E-state index is 12.3. The zero-order valence-electron chi connectivity index (χ0n) is 12.7. The fourth-order valence-corrected chi connectivity index (χ4v) is 3.90. The minimum absolute atomic E-state index is 0.0259. The van der Waals surface area contributed by atoms with E-state index in [9.17, 15) is 23.3 Å². The summed E-state index contributed by atoms with van der Waals surface area (Å²) >= 11 is 0.830. The van der Waals surface area contributed by atoms with Crippen LogP contribution in [0.2, 0.25) is 0 Å². The fraction of sp³-hybridized carbons (Fsp3) is 0.231. The third-order valence-corrected chi connectivity index (χ3v) is 5.34. The van der Waals surface area contributed by atoms with Gasteiger partial charge in [-0.05, 0) is 19.9 Å². The number of aromatic nitrogens is 1. The van der Waals surface area contributed by atoms with Crippen LogP contribution in [0.15, 0.2) is 29.2 Å². The van der Waals surface area contributed by atoms with Crippen molar-refractivity contribution in [1.29, 1.82) is 0 Å². The number of nitro benzene ring substituents is 1. The summed E-state index contributed by atoms with van der Waals surface area (Å²) in [7, 11) is -4.07. The quantitative estimate of drug-likeness (QED) is 0.469. The number of ether oxygens (including phenoxy) is 1. The highest BCUT2D eigenvalue weighted by atomic mass is 32.2. The number of aryl methyl sites for hydroxylation is 1. The third kappa shape index (κ3) is 3.86. The zero-order chi connectivity index (χ0) is 17.9. The lowest BCUT2D eigenvalue weighted by Gasteiger charge is -2.04. The molecule has 0 spiro atoms. The van der Waals surface area contributed by atoms with Crippen LogP contribution >= 0.6 is 11.3 Å². The lowest BCUT2D eigenvalue weighted by Crippen LogP contribution is -2.13. The predicted molar refractivity (Wildman–Crippen MR) is 86.7 cm³/mol. The van der Waals surface area contributed by atoms with Crippen molar-refractivity contribution in [2.24, 2.45) is 0 Å². The van der Waals surface area contributed by atoms with Crippen molar-refractivity contribution >= 4 is 38.1 Å². The van der Waals surface area contributed by atoms with Gasteiger partial charge in [-0.2, -0.15) is 0 Å². The predicted octanol–water partition coefficient (Wildman–Crippen LogP) is 2.34. The number of sulfonamides is 1. The van der Waals surface area contributed by atoms with Gasteiger partial charge in [0.2, 0.25) is 0 Å². The maximum atomic E-state index is 12.3. The second kappa shape index (κ2) is 6.93. The van der Waals surface area contributed by atoms with Gasteiger partial charge in [0.25, 0.3) is 15.7 Å². The number of hydrogen-bond donors (Lipinski definition) is 1. The van der Waals surface area contributed by atoms with E-state index >= 15 is 0 Å². The summed E-state index contributed by atoms with van der Waals surface area (Å²) < 4.78 is 31.7. The summed E-state index contributed by atoms with van der Waals surface area (Å²) in [5.74, 6) is -0.590. The molecule has 24 heavy (non-hydrogen) atoms. The number of nitro groups is 1. The number of non-ortho nitro benzene ring substituents is 1. The van der Waals surface area contributed by atoms with Crippen LogP contribution in [0.25, 0.3) is 0 Å². The van der Waals surface area contributed by atoms with Gasteiger partial charge >= 0.3 is 5.97 Å². The molecule has 0 fully saturated rings. The van der Waals surface area contributed by atoms with E-state index in [1.807, 2.05) is 0 Å². The molecule has 9 nitrogen and oxygen atoms in total. The van der Waals surface area contributed by atoms with Crippen LogP contribution < -0.4 is 4.72 Å². The second-order valence-corrected chi connectivity index (χ2v) is 7.20. The normalized spacial score (nSPS) is 11.1. The first-order valence-corrected chi connectivity index (χ1v) is 8.96. The Balaban J connectivity index is 2.30. The lowest BCUT2D eigenvalue weighted by atomic mass is 10.3. The third-order valence-electron chi connectivity index (χ3n) is 2.82. The van der Waals surface area contributed by atoms with Gasteiger partial charge in [0.05, 0.1) is 22.1 Å². The van der Waals surface area contributed by atoms with Gasteiger partial charge in [-0.25, -0.2) is 18.2 Å². The first kappa shape index (κ1) is 17.8. The summed E-state index contributed by atoms with van der Waals surface area (Å²) in [5.41, 5.74) is -0.0180. The highest BCUT2D eigenvalue weighted by Crippen LogP contribution is 2.26. The monoisotopic (exact) mass is 371 g/mol. The van der Waals surface area contributed by atoms with E-state index in [0.29, 0.717) is 5.69 Å². The Hall–Kier alpha value is -2.53. The molecule has 2 aromatic rings. The number of benzene rings is 1. The van der Waals surface area contributed by atoms with Crippen molar-refractivity contribution in [2.45, 2.75) is 18.7 Å². The molecule has 11 heteroatoms. The second-order valence-electron chi connectivity index (χ2n) is 4.51. The molecular formula is C13H13N3O6S2. The molecule has 0 aliphatic heterocycles. The highest BCUT2D eigenvalue weighted by Gasteiger charge is 2.22. The first-order chi connectivity index (χ1) is 11.2. The standard InChI is InChI=1S/C13H13N3O6S2/c1-3-22-12(17)11-8(2)14-13(23-11)15-24(20,21)10-6-4-5-9(7-10)16(18)19/h4-7H,3H2,1-2H3,(H,14,15). The molecule has 0 bridgehead atoms. The topological polar surface area (TPSA) is 128 Å². The summed E-state index contributed by atoms with van der Waals surface area (Å²) in [4.78, 5) is 25.7. The van der Waals surface area contributed by atoms with E-state index in [0.717, 1.165) is 17.4 Å². The molecule has 1 aromatic carbocycles. The molecule has 0 saturated carbocycles. The average Bonchev–Trinajstić information content (AvgIpc) is 2.87. The van der Waals surface area contributed by atoms with Crippen LogP contribution in [0, 0.1) is 17.0 Å². The minimum atomic E-state index is -4.07. The van der Waals surface area contributed by atoms with Crippen molar-refractivity contribution in [2.75, 3.05) is 11.3 Å². The molecule has 0 unspecified atom stereocenters. The van der Waals surface area contributed by atoms with Crippen molar-refractivity contribution in [3.63, 3.8) is 0 Å². The maximum Gasteiger partial charge on any atom is 0.350 e. The number of nitrogens with one attached hydrogen (secondary N) is 1. The molecule has 0 aliphatic rings. The van der Waals surface area contributed by atoms with Gasteiger partial charge in [-0.15, -0.1) is 0 Å². The number of thiazole rings is 1. The molecular weight excluding hydrogens is 358 g/mol. The average molecular weight is 371 g/mol. The van der Waals surface area contributed by atoms with E-state index in [-0.39, 0.29) is 27.2 Å². The number of nitrogens with zero attached hydrogens (tertiary/aromatic N) is 2. The fourth-order valence-electron chi connectivity index (χ4n) is 1.76. The van der Waals surface area contributed by atoms with E-state index < -0.39 is 20.9 Å². The molecule has 0 amide bonds. The largest absolute Gasteiger partial charge is 0.462 e. The van der Waals surface area contributed by atoms with Crippen LogP contribution in [-0.4, -0.2) is 30.9 Å². The number of esters is 1. The van der Waals surface area contributed by atoms with Gasteiger partial charge in [0, 0.05) is 12.1 Å². The molecule has 1 heterocycles. The molecule has 128 valence electrons. The van der Waals surface area contributed by atoms with Crippen LogP contribution in [-0.2, 0) is 14.8 Å². The Kier molecular flexibility index (Phi) is 5.14. The smallest absolute Gasteiger partial charge is 0.350 e. The SMILES string of the molecule is CCOC(=O)c1sc(NS(=O)(=O)c2cccc([N+](=O)[O-])c2)nc1C. The van der Waals surface area contributed by atoms with Gasteiger partial charge in [-0.1, -0.05) is 17.4 Å². The highest BCUT2D eigenvalue weighted by molar-refractivity contribution is 7.93. The summed E-state index contributed by atoms with van der Waals surface area (Å²) in [6, 6.07) is 4.62. The number of rotatable bonds is 6. The summed E-state index contributed by atoms with van der Waals surface area (Å²) in [6.45, 7) is 3.39. The van der Waals surface area contributed by atoms with E-state index in [1.54, 1.807) is 13.8 Å².